The van der Waals surface area contributed by atoms with Gasteiger partial charge in [0.15, 0.2) is 0 Å². The van der Waals surface area contributed by atoms with E-state index >= 15 is 0 Å². The molecule has 0 aliphatic carbocycles. The highest BCUT2D eigenvalue weighted by atomic mass is 15.1. The minimum atomic E-state index is -0.254. The van der Waals surface area contributed by atoms with Crippen molar-refractivity contribution in [2.24, 2.45) is 0 Å². The fourth-order valence-electron chi connectivity index (χ4n) is 8.31. The van der Waals surface area contributed by atoms with Crippen molar-refractivity contribution in [2.45, 2.75) is 19.3 Å². The molecule has 0 saturated carbocycles. The van der Waals surface area contributed by atoms with Gasteiger partial charge in [0.2, 0.25) is 0 Å². The molecule has 4 N–H and O–H groups in total. The molecular weight excluding hydrogens is 661 g/mol. The normalized spacial score (nSPS) is 13.0. The second kappa shape index (κ2) is 13.3. The molecule has 10 rings (SSSR count). The van der Waals surface area contributed by atoms with Crippen molar-refractivity contribution in [3.05, 3.63) is 198 Å². The Morgan fingerprint density at radius 1 is 0.630 bits per heavy atom. The van der Waals surface area contributed by atoms with Crippen LogP contribution in [-0.2, 0) is 13.1 Å². The second-order valence-electron chi connectivity index (χ2n) is 13.9. The summed E-state index contributed by atoms with van der Waals surface area (Å²) in [6.07, 6.45) is 4.00. The maximum Gasteiger partial charge on any atom is 0.126 e. The predicted octanol–water partition coefficient (Wildman–Crippen LogP) is 10.4. The standard InChI is InChI=1S/C48H38N6/c49-47(52-48(33-17-6-2-7-18-33)51-30-32-15-4-1-5-16-32)34-19-14-22-36(29-34)54-42-27-28-50-31-40(42)44-43-39-25-12-13-26-41(39)53(35-20-8-3-9-21-35)45(43)37-23-10-11-24-38(37)46(44)54/h1-29,48,50-51H,30-31H2,(H2,49,52). The number of nitrogens with one attached hydrogen (secondary N) is 4. The SMILES string of the molecule is N=C(NC(NCc1ccccc1)c1ccccc1)c1cccc(-n2c3c(c4c5c6ccccc6n(-c6ccccc6)c5c5ccccc5c42)CNC=C3)c1. The second-order valence-corrected chi connectivity index (χ2v) is 13.9. The van der Waals surface area contributed by atoms with Crippen LogP contribution in [0.25, 0.3) is 60.9 Å². The zero-order chi connectivity index (χ0) is 36.0. The van der Waals surface area contributed by atoms with E-state index < -0.39 is 0 Å². The Hall–Kier alpha value is -6.89. The first-order valence-corrected chi connectivity index (χ1v) is 18.5. The van der Waals surface area contributed by atoms with E-state index in [9.17, 15) is 5.41 Å². The van der Waals surface area contributed by atoms with Crippen LogP contribution >= 0.6 is 0 Å². The minimum absolute atomic E-state index is 0.254. The average Bonchev–Trinajstić information content (AvgIpc) is 3.77. The molecule has 1 unspecified atom stereocenters. The summed E-state index contributed by atoms with van der Waals surface area (Å²) in [5.74, 6) is 0.354. The van der Waals surface area contributed by atoms with Crippen molar-refractivity contribution in [3.8, 4) is 11.4 Å². The fraction of sp³-hybridized carbons (Fsp3) is 0.0625. The Morgan fingerprint density at radius 3 is 2.02 bits per heavy atom. The molecule has 9 aromatic rings. The van der Waals surface area contributed by atoms with Gasteiger partial charge in [-0.25, -0.2) is 0 Å². The largest absolute Gasteiger partial charge is 0.387 e. The molecule has 1 atom stereocenters. The molecule has 0 radical (unpaired) electrons. The van der Waals surface area contributed by atoms with Crippen molar-refractivity contribution in [2.75, 3.05) is 0 Å². The number of benzene rings is 7. The van der Waals surface area contributed by atoms with Crippen molar-refractivity contribution >= 4 is 55.4 Å². The van der Waals surface area contributed by atoms with Crippen LogP contribution in [0.4, 0.5) is 0 Å². The molecule has 0 fully saturated rings. The van der Waals surface area contributed by atoms with Crippen LogP contribution in [-0.4, -0.2) is 15.0 Å². The fourth-order valence-corrected chi connectivity index (χ4v) is 8.31. The molecule has 0 saturated heterocycles. The molecule has 1 aliphatic rings. The van der Waals surface area contributed by atoms with Crippen LogP contribution in [0.3, 0.4) is 0 Å². The molecule has 6 nitrogen and oxygen atoms in total. The molecule has 260 valence electrons. The van der Waals surface area contributed by atoms with Gasteiger partial charge < -0.3 is 19.8 Å². The maximum atomic E-state index is 9.39. The zero-order valence-electron chi connectivity index (χ0n) is 29.6. The summed E-state index contributed by atoms with van der Waals surface area (Å²) in [7, 11) is 0. The molecule has 2 aromatic heterocycles. The van der Waals surface area contributed by atoms with Gasteiger partial charge in [-0.3, -0.25) is 10.7 Å². The van der Waals surface area contributed by atoms with Gasteiger partial charge in [0.25, 0.3) is 0 Å². The Balaban J connectivity index is 1.16. The van der Waals surface area contributed by atoms with Gasteiger partial charge in [-0.05, 0) is 53.7 Å². The number of amidine groups is 1. The van der Waals surface area contributed by atoms with Gasteiger partial charge in [0.1, 0.15) is 12.0 Å². The maximum absolute atomic E-state index is 9.39. The lowest BCUT2D eigenvalue weighted by atomic mass is 9.98. The Bertz CT molecular complexity index is 2870. The Labute approximate surface area is 313 Å². The van der Waals surface area contributed by atoms with Crippen LogP contribution in [0, 0.1) is 5.41 Å². The van der Waals surface area contributed by atoms with Gasteiger partial charge in [-0.15, -0.1) is 0 Å². The lowest BCUT2D eigenvalue weighted by Crippen LogP contribution is -2.38. The average molecular weight is 699 g/mol. The summed E-state index contributed by atoms with van der Waals surface area (Å²) in [6.45, 7) is 1.39. The first-order chi connectivity index (χ1) is 26.7. The number of hydrogen-bond donors (Lipinski definition) is 4. The van der Waals surface area contributed by atoms with Crippen LogP contribution < -0.4 is 16.0 Å². The highest BCUT2D eigenvalue weighted by Crippen LogP contribution is 2.46. The molecule has 0 amide bonds. The number of fused-ring (bicyclic) bond motifs is 10. The van der Waals surface area contributed by atoms with E-state index in [1.807, 2.05) is 30.3 Å². The molecule has 3 heterocycles. The Morgan fingerprint density at radius 2 is 1.26 bits per heavy atom. The summed E-state index contributed by atoms with van der Waals surface area (Å²) < 4.78 is 4.85. The molecule has 0 bridgehead atoms. The third kappa shape index (κ3) is 5.27. The number of aromatic nitrogens is 2. The van der Waals surface area contributed by atoms with Gasteiger partial charge in [0, 0.05) is 62.5 Å². The molecular formula is C48H38N6. The quantitative estimate of drug-likeness (QED) is 0.0725. The van der Waals surface area contributed by atoms with E-state index in [1.54, 1.807) is 0 Å². The number of para-hydroxylation sites is 2. The Kier molecular flexibility index (Phi) is 7.81. The van der Waals surface area contributed by atoms with Crippen LogP contribution in [0.15, 0.2) is 170 Å². The predicted molar refractivity (Wildman–Crippen MR) is 223 cm³/mol. The van der Waals surface area contributed by atoms with E-state index in [4.69, 9.17) is 0 Å². The summed E-state index contributed by atoms with van der Waals surface area (Å²) in [4.78, 5) is 0. The molecule has 0 spiro atoms. The number of hydrogen-bond acceptors (Lipinski definition) is 3. The summed E-state index contributed by atoms with van der Waals surface area (Å²) in [5.41, 5.74) is 11.2. The molecule has 1 aliphatic heterocycles. The third-order valence-corrected chi connectivity index (χ3v) is 10.7. The van der Waals surface area contributed by atoms with Crippen LogP contribution in [0.5, 0.6) is 0 Å². The molecule has 7 aromatic carbocycles. The van der Waals surface area contributed by atoms with Gasteiger partial charge in [-0.1, -0.05) is 133 Å². The van der Waals surface area contributed by atoms with E-state index in [1.165, 1.54) is 54.6 Å². The van der Waals surface area contributed by atoms with Crippen molar-refractivity contribution in [1.82, 2.24) is 25.1 Å². The van der Waals surface area contributed by atoms with Crippen LogP contribution in [0.2, 0.25) is 0 Å². The minimum Gasteiger partial charge on any atom is -0.387 e. The van der Waals surface area contributed by atoms with Crippen LogP contribution in [0.1, 0.15) is 34.1 Å². The van der Waals surface area contributed by atoms with Gasteiger partial charge >= 0.3 is 0 Å². The lowest BCUT2D eigenvalue weighted by Gasteiger charge is -2.23. The van der Waals surface area contributed by atoms with Crippen molar-refractivity contribution in [3.63, 3.8) is 0 Å². The summed E-state index contributed by atoms with van der Waals surface area (Å²) in [6, 6.07) is 57.4. The first-order valence-electron chi connectivity index (χ1n) is 18.5. The van der Waals surface area contributed by atoms with Gasteiger partial charge in [0.05, 0.1) is 22.2 Å². The summed E-state index contributed by atoms with van der Waals surface area (Å²) >= 11 is 0. The number of nitrogens with zero attached hydrogens (tertiary/aromatic N) is 2. The van der Waals surface area contributed by atoms with E-state index in [-0.39, 0.29) is 6.17 Å². The number of rotatable bonds is 8. The topological polar surface area (TPSA) is 69.8 Å². The van der Waals surface area contributed by atoms with Crippen molar-refractivity contribution < 1.29 is 0 Å². The third-order valence-electron chi connectivity index (χ3n) is 10.7. The highest BCUT2D eigenvalue weighted by molar-refractivity contribution is 6.33. The van der Waals surface area contributed by atoms with E-state index in [2.05, 4.69) is 171 Å². The monoisotopic (exact) mass is 698 g/mol. The zero-order valence-corrected chi connectivity index (χ0v) is 29.6. The van der Waals surface area contributed by atoms with E-state index in [0.29, 0.717) is 12.4 Å². The highest BCUT2D eigenvalue weighted by Gasteiger charge is 2.27. The smallest absolute Gasteiger partial charge is 0.126 e. The first kappa shape index (κ1) is 31.8. The molecule has 54 heavy (non-hydrogen) atoms. The van der Waals surface area contributed by atoms with Gasteiger partial charge in [-0.2, -0.15) is 0 Å². The lowest BCUT2D eigenvalue weighted by molar-refractivity contribution is 0.504. The van der Waals surface area contributed by atoms with Crippen molar-refractivity contribution in [1.29, 1.82) is 5.41 Å². The molecule has 6 heteroatoms. The van der Waals surface area contributed by atoms with E-state index in [0.717, 1.165) is 34.7 Å². The summed E-state index contributed by atoms with van der Waals surface area (Å²) in [5, 5.41) is 26.2.